The minimum absolute atomic E-state index is 0.0223. The second kappa shape index (κ2) is 7.44. The fourth-order valence-corrected chi connectivity index (χ4v) is 2.36. The Balaban J connectivity index is 2.37. The van der Waals surface area contributed by atoms with Gasteiger partial charge in [-0.3, -0.25) is 5.32 Å². The van der Waals surface area contributed by atoms with Crippen molar-refractivity contribution in [3.8, 4) is 6.07 Å². The molecule has 1 unspecified atom stereocenters. The van der Waals surface area contributed by atoms with E-state index in [1.807, 2.05) is 60.7 Å². The third-order valence-electron chi connectivity index (χ3n) is 3.27. The first kappa shape index (κ1) is 14.3. The lowest BCUT2D eigenvalue weighted by Crippen LogP contribution is -2.36. The fraction of sp³-hybridized carbons (Fsp3) is 0.235. The Hall–Kier alpha value is -2.15. The van der Waals surface area contributed by atoms with Crippen molar-refractivity contribution in [2.75, 3.05) is 13.2 Å². The summed E-state index contributed by atoms with van der Waals surface area (Å²) in [7, 11) is 0. The molecule has 0 saturated heterocycles. The summed E-state index contributed by atoms with van der Waals surface area (Å²) in [5, 5.41) is 21.5. The van der Waals surface area contributed by atoms with Crippen LogP contribution in [-0.2, 0) is 0 Å². The van der Waals surface area contributed by atoms with Gasteiger partial charge in [-0.15, -0.1) is 0 Å². The number of aliphatic hydroxyl groups is 1. The number of aliphatic hydroxyl groups excluding tert-OH is 1. The maximum Gasteiger partial charge on any atom is 0.106 e. The van der Waals surface area contributed by atoms with E-state index in [2.05, 4.69) is 11.4 Å². The van der Waals surface area contributed by atoms with Crippen LogP contribution in [0, 0.1) is 11.3 Å². The number of rotatable bonds is 6. The van der Waals surface area contributed by atoms with Crippen LogP contribution in [-0.4, -0.2) is 24.3 Å². The number of nitrogens with zero attached hydrogens (tertiary/aromatic N) is 1. The second-order valence-corrected chi connectivity index (χ2v) is 4.58. The van der Waals surface area contributed by atoms with Crippen molar-refractivity contribution in [1.29, 1.82) is 5.26 Å². The average Bonchev–Trinajstić information content (AvgIpc) is 2.53. The summed E-state index contributed by atoms with van der Waals surface area (Å²) in [6.07, 6.45) is 0. The van der Waals surface area contributed by atoms with Crippen LogP contribution in [0.4, 0.5) is 0 Å². The van der Waals surface area contributed by atoms with Crippen molar-refractivity contribution in [3.63, 3.8) is 0 Å². The van der Waals surface area contributed by atoms with Crippen molar-refractivity contribution in [1.82, 2.24) is 5.32 Å². The predicted molar refractivity (Wildman–Crippen MR) is 79.2 cm³/mol. The average molecular weight is 266 g/mol. The summed E-state index contributed by atoms with van der Waals surface area (Å²) < 4.78 is 0. The van der Waals surface area contributed by atoms with E-state index in [0.717, 1.165) is 11.1 Å². The molecular weight excluding hydrogens is 248 g/mol. The highest BCUT2D eigenvalue weighted by molar-refractivity contribution is 5.36. The molecule has 2 aromatic carbocycles. The molecular formula is C17H18N2O. The lowest BCUT2D eigenvalue weighted by Gasteiger charge is -2.23. The Morgan fingerprint density at radius 2 is 1.45 bits per heavy atom. The Morgan fingerprint density at radius 3 is 1.85 bits per heavy atom. The molecule has 0 saturated carbocycles. The van der Waals surface area contributed by atoms with Crippen LogP contribution in [0.1, 0.15) is 17.0 Å². The molecule has 0 aliphatic rings. The van der Waals surface area contributed by atoms with Crippen molar-refractivity contribution in [2.24, 2.45) is 0 Å². The molecule has 3 heteroatoms. The number of hydrogen-bond acceptors (Lipinski definition) is 3. The van der Waals surface area contributed by atoms with Crippen LogP contribution < -0.4 is 5.32 Å². The molecule has 102 valence electrons. The van der Waals surface area contributed by atoms with Crippen molar-refractivity contribution < 1.29 is 5.11 Å². The summed E-state index contributed by atoms with van der Waals surface area (Å²) in [6, 6.07) is 21.9. The van der Waals surface area contributed by atoms with E-state index in [9.17, 15) is 5.26 Å². The molecule has 0 aliphatic carbocycles. The highest BCUT2D eigenvalue weighted by atomic mass is 16.3. The van der Waals surface area contributed by atoms with Crippen LogP contribution in [0.2, 0.25) is 0 Å². The molecule has 0 heterocycles. The molecule has 20 heavy (non-hydrogen) atoms. The van der Waals surface area contributed by atoms with Gasteiger partial charge in [-0.25, -0.2) is 0 Å². The Bertz CT molecular complexity index is 509. The SMILES string of the molecule is N#CC(NCCO)C(c1ccccc1)c1ccccc1. The van der Waals surface area contributed by atoms with Gasteiger partial charge in [-0.1, -0.05) is 60.7 Å². The number of nitrogens with one attached hydrogen (secondary N) is 1. The maximum absolute atomic E-state index is 9.45. The van der Waals surface area contributed by atoms with Gasteiger partial charge in [0, 0.05) is 12.5 Å². The zero-order chi connectivity index (χ0) is 14.2. The molecule has 0 aliphatic heterocycles. The molecule has 2 aromatic rings. The quantitative estimate of drug-likeness (QED) is 0.843. The van der Waals surface area contributed by atoms with Crippen molar-refractivity contribution >= 4 is 0 Å². The van der Waals surface area contributed by atoms with E-state index < -0.39 is 0 Å². The van der Waals surface area contributed by atoms with Gasteiger partial charge >= 0.3 is 0 Å². The zero-order valence-corrected chi connectivity index (χ0v) is 11.2. The van der Waals surface area contributed by atoms with E-state index in [1.54, 1.807) is 0 Å². The van der Waals surface area contributed by atoms with Gasteiger partial charge < -0.3 is 5.11 Å². The smallest absolute Gasteiger partial charge is 0.106 e. The molecule has 0 radical (unpaired) electrons. The molecule has 1 atom stereocenters. The van der Waals surface area contributed by atoms with Crippen LogP contribution in [0.5, 0.6) is 0 Å². The number of hydrogen-bond donors (Lipinski definition) is 2. The van der Waals surface area contributed by atoms with Gasteiger partial charge in [0.05, 0.1) is 12.7 Å². The predicted octanol–water partition coefficient (Wildman–Crippen LogP) is 2.29. The largest absolute Gasteiger partial charge is 0.395 e. The van der Waals surface area contributed by atoms with Gasteiger partial charge in [-0.05, 0) is 11.1 Å². The van der Waals surface area contributed by atoms with Crippen LogP contribution >= 0.6 is 0 Å². The zero-order valence-electron chi connectivity index (χ0n) is 11.2. The summed E-state index contributed by atoms with van der Waals surface area (Å²) in [4.78, 5) is 0. The maximum atomic E-state index is 9.45. The highest BCUT2D eigenvalue weighted by Crippen LogP contribution is 2.27. The lowest BCUT2D eigenvalue weighted by atomic mass is 9.85. The molecule has 0 spiro atoms. The summed E-state index contributed by atoms with van der Waals surface area (Å²) in [6.45, 7) is 0.433. The third-order valence-corrected chi connectivity index (χ3v) is 3.27. The minimum atomic E-state index is -0.369. The molecule has 0 amide bonds. The normalized spacial score (nSPS) is 12.1. The molecule has 0 aromatic heterocycles. The van der Waals surface area contributed by atoms with Crippen LogP contribution in [0.25, 0.3) is 0 Å². The number of nitriles is 1. The van der Waals surface area contributed by atoms with Gasteiger partial charge in [0.1, 0.15) is 6.04 Å². The molecule has 3 nitrogen and oxygen atoms in total. The van der Waals surface area contributed by atoms with E-state index >= 15 is 0 Å². The van der Waals surface area contributed by atoms with Gasteiger partial charge in [0.25, 0.3) is 0 Å². The Morgan fingerprint density at radius 1 is 0.950 bits per heavy atom. The first-order valence-corrected chi connectivity index (χ1v) is 6.70. The van der Waals surface area contributed by atoms with E-state index in [4.69, 9.17) is 5.11 Å². The van der Waals surface area contributed by atoms with E-state index in [0.29, 0.717) is 6.54 Å². The first-order valence-electron chi connectivity index (χ1n) is 6.70. The minimum Gasteiger partial charge on any atom is -0.395 e. The summed E-state index contributed by atoms with van der Waals surface area (Å²) in [5.74, 6) is -0.0473. The molecule has 2 N–H and O–H groups in total. The van der Waals surface area contributed by atoms with Crippen LogP contribution in [0.3, 0.4) is 0 Å². The Kier molecular flexibility index (Phi) is 5.31. The monoisotopic (exact) mass is 266 g/mol. The van der Waals surface area contributed by atoms with Crippen LogP contribution in [0.15, 0.2) is 60.7 Å². The third kappa shape index (κ3) is 3.45. The molecule has 0 fully saturated rings. The van der Waals surface area contributed by atoms with Crippen molar-refractivity contribution in [3.05, 3.63) is 71.8 Å². The van der Waals surface area contributed by atoms with Gasteiger partial charge in [0.2, 0.25) is 0 Å². The molecule has 2 rings (SSSR count). The Labute approximate surface area is 119 Å². The van der Waals surface area contributed by atoms with Crippen molar-refractivity contribution in [2.45, 2.75) is 12.0 Å². The van der Waals surface area contributed by atoms with E-state index in [1.165, 1.54) is 0 Å². The summed E-state index contributed by atoms with van der Waals surface area (Å²) >= 11 is 0. The second-order valence-electron chi connectivity index (χ2n) is 4.58. The fourth-order valence-electron chi connectivity index (χ4n) is 2.36. The summed E-state index contributed by atoms with van der Waals surface area (Å²) in [5.41, 5.74) is 2.19. The van der Waals surface area contributed by atoms with E-state index in [-0.39, 0.29) is 18.6 Å². The first-order chi connectivity index (χ1) is 9.86. The van der Waals surface area contributed by atoms with Gasteiger partial charge in [0.15, 0.2) is 0 Å². The molecule has 0 bridgehead atoms. The standard InChI is InChI=1S/C17H18N2O/c18-13-16(19-11-12-20)17(14-7-3-1-4-8-14)15-9-5-2-6-10-15/h1-10,16-17,19-20H,11-12H2. The topological polar surface area (TPSA) is 56.0 Å². The highest BCUT2D eigenvalue weighted by Gasteiger charge is 2.24. The lowest BCUT2D eigenvalue weighted by molar-refractivity contribution is 0.287. The van der Waals surface area contributed by atoms with Gasteiger partial charge in [-0.2, -0.15) is 5.26 Å². The number of benzene rings is 2.